The summed E-state index contributed by atoms with van der Waals surface area (Å²) in [5.74, 6) is 1.16. The molecule has 116 valence electrons. The molecular weight excluding hydrogens is 322 g/mol. The highest BCUT2D eigenvalue weighted by Crippen LogP contribution is 2.31. The number of thiophene rings is 1. The normalized spacial score (nSPS) is 15.0. The Balaban J connectivity index is 1.73. The molecule has 0 aliphatic carbocycles. The third-order valence-electron chi connectivity index (χ3n) is 3.38. The Morgan fingerprint density at radius 2 is 2.00 bits per heavy atom. The summed E-state index contributed by atoms with van der Waals surface area (Å²) in [6, 6.07) is 8.91. The summed E-state index contributed by atoms with van der Waals surface area (Å²) in [7, 11) is 0. The highest BCUT2D eigenvalue weighted by molar-refractivity contribution is 7.16. The first-order chi connectivity index (χ1) is 10.6. The van der Waals surface area contributed by atoms with Gasteiger partial charge in [-0.05, 0) is 37.3 Å². The maximum atomic E-state index is 12.4. The summed E-state index contributed by atoms with van der Waals surface area (Å²) >= 11 is 7.39. The molecule has 1 N–H and O–H groups in total. The van der Waals surface area contributed by atoms with Gasteiger partial charge in [0.05, 0.1) is 23.6 Å². The van der Waals surface area contributed by atoms with Crippen LogP contribution in [0.25, 0.3) is 0 Å². The van der Waals surface area contributed by atoms with Gasteiger partial charge < -0.3 is 14.8 Å². The predicted octanol–water partition coefficient (Wildman–Crippen LogP) is 4.05. The van der Waals surface area contributed by atoms with Crippen LogP contribution < -0.4 is 14.8 Å². The van der Waals surface area contributed by atoms with Crippen LogP contribution in [0.15, 0.2) is 30.3 Å². The summed E-state index contributed by atoms with van der Waals surface area (Å²) in [4.78, 5) is 13.4. The second-order valence-corrected chi connectivity index (χ2v) is 6.80. The first-order valence-corrected chi connectivity index (χ1v) is 8.28. The first kappa shape index (κ1) is 15.2. The number of nitrogens with one attached hydrogen (secondary N) is 1. The number of rotatable bonds is 3. The lowest BCUT2D eigenvalue weighted by Crippen LogP contribution is -2.26. The average Bonchev–Trinajstić information content (AvgIpc) is 2.81. The molecule has 6 heteroatoms. The number of halogens is 1. The van der Waals surface area contributed by atoms with Gasteiger partial charge in [0.25, 0.3) is 5.91 Å². The van der Waals surface area contributed by atoms with E-state index in [-0.39, 0.29) is 11.9 Å². The van der Waals surface area contributed by atoms with E-state index in [9.17, 15) is 4.79 Å². The largest absolute Gasteiger partial charge is 0.490 e. The minimum absolute atomic E-state index is 0.0963. The lowest BCUT2D eigenvalue weighted by atomic mass is 10.1. The third-order valence-corrected chi connectivity index (χ3v) is 4.79. The van der Waals surface area contributed by atoms with Crippen LogP contribution in [0.3, 0.4) is 0 Å². The molecule has 2 aromatic rings. The summed E-state index contributed by atoms with van der Waals surface area (Å²) in [6.07, 6.45) is 0.840. The average molecular weight is 338 g/mol. The fourth-order valence-corrected chi connectivity index (χ4v) is 3.28. The molecule has 1 unspecified atom stereocenters. The van der Waals surface area contributed by atoms with Gasteiger partial charge >= 0.3 is 0 Å². The quantitative estimate of drug-likeness (QED) is 0.919. The fourth-order valence-electron chi connectivity index (χ4n) is 2.22. The van der Waals surface area contributed by atoms with Crippen molar-refractivity contribution in [2.24, 2.45) is 0 Å². The summed E-state index contributed by atoms with van der Waals surface area (Å²) in [5.41, 5.74) is 0.554. The van der Waals surface area contributed by atoms with E-state index in [2.05, 4.69) is 5.32 Å². The van der Waals surface area contributed by atoms with Gasteiger partial charge in [0.15, 0.2) is 11.5 Å². The third kappa shape index (κ3) is 3.36. The van der Waals surface area contributed by atoms with Crippen LogP contribution in [0.1, 0.15) is 34.6 Å². The molecule has 0 spiro atoms. The zero-order valence-corrected chi connectivity index (χ0v) is 13.7. The van der Waals surface area contributed by atoms with E-state index in [1.807, 2.05) is 19.1 Å². The van der Waals surface area contributed by atoms with E-state index in [1.54, 1.807) is 18.2 Å². The van der Waals surface area contributed by atoms with Crippen LogP contribution in [-0.2, 0) is 0 Å². The van der Waals surface area contributed by atoms with E-state index in [1.165, 1.54) is 11.3 Å². The molecule has 2 heterocycles. The molecule has 1 aromatic heterocycles. The Morgan fingerprint density at radius 1 is 1.23 bits per heavy atom. The Bertz CT molecular complexity index is 686. The fraction of sp³-hybridized carbons (Fsp3) is 0.312. The van der Waals surface area contributed by atoms with Crippen molar-refractivity contribution in [1.82, 2.24) is 5.32 Å². The van der Waals surface area contributed by atoms with E-state index in [4.69, 9.17) is 21.1 Å². The topological polar surface area (TPSA) is 47.6 Å². The van der Waals surface area contributed by atoms with Gasteiger partial charge in [-0.25, -0.2) is 0 Å². The summed E-state index contributed by atoms with van der Waals surface area (Å²) < 4.78 is 11.9. The molecule has 1 aliphatic rings. The Kier molecular flexibility index (Phi) is 4.55. The molecule has 0 fully saturated rings. The van der Waals surface area contributed by atoms with Gasteiger partial charge in [-0.3, -0.25) is 4.79 Å². The van der Waals surface area contributed by atoms with Gasteiger partial charge in [-0.1, -0.05) is 11.6 Å². The molecule has 3 rings (SSSR count). The summed E-state index contributed by atoms with van der Waals surface area (Å²) in [5, 5.41) is 2.96. The number of hydrogen-bond donors (Lipinski definition) is 1. The van der Waals surface area contributed by atoms with Crippen LogP contribution in [-0.4, -0.2) is 19.1 Å². The van der Waals surface area contributed by atoms with Gasteiger partial charge in [0.1, 0.15) is 0 Å². The van der Waals surface area contributed by atoms with Crippen molar-refractivity contribution in [2.75, 3.05) is 13.2 Å². The van der Waals surface area contributed by atoms with Crippen molar-refractivity contribution in [1.29, 1.82) is 0 Å². The van der Waals surface area contributed by atoms with Gasteiger partial charge in [0.2, 0.25) is 0 Å². The van der Waals surface area contributed by atoms with Crippen LogP contribution >= 0.6 is 22.9 Å². The van der Waals surface area contributed by atoms with E-state index in [0.717, 1.165) is 11.3 Å². The number of fused-ring (bicyclic) bond motifs is 1. The first-order valence-electron chi connectivity index (χ1n) is 7.09. The molecule has 1 amide bonds. The van der Waals surface area contributed by atoms with Gasteiger partial charge in [0, 0.05) is 16.9 Å². The highest BCUT2D eigenvalue weighted by Gasteiger charge is 2.16. The predicted molar refractivity (Wildman–Crippen MR) is 87.3 cm³/mol. The van der Waals surface area contributed by atoms with Crippen LogP contribution in [0.4, 0.5) is 0 Å². The SMILES string of the molecule is CC(NC(=O)c1ccc2c(c1)OCCCO2)c1ccc(Cl)s1. The minimum atomic E-state index is -0.146. The molecular formula is C16H16ClNO3S. The van der Waals surface area contributed by atoms with Crippen molar-refractivity contribution in [3.8, 4) is 11.5 Å². The number of carbonyl (C=O) groups excluding carboxylic acids is 1. The highest BCUT2D eigenvalue weighted by atomic mass is 35.5. The van der Waals surface area contributed by atoms with Crippen molar-refractivity contribution < 1.29 is 14.3 Å². The number of amides is 1. The van der Waals surface area contributed by atoms with Crippen molar-refractivity contribution in [3.05, 3.63) is 45.1 Å². The molecule has 4 nitrogen and oxygen atoms in total. The number of ether oxygens (including phenoxy) is 2. The maximum Gasteiger partial charge on any atom is 0.251 e. The minimum Gasteiger partial charge on any atom is -0.490 e. The molecule has 1 aromatic carbocycles. The monoisotopic (exact) mass is 337 g/mol. The number of benzene rings is 1. The zero-order valence-electron chi connectivity index (χ0n) is 12.1. The van der Waals surface area contributed by atoms with Gasteiger partial charge in [-0.2, -0.15) is 0 Å². The Morgan fingerprint density at radius 3 is 2.73 bits per heavy atom. The molecule has 0 radical (unpaired) electrons. The van der Waals surface area contributed by atoms with Crippen molar-refractivity contribution in [2.45, 2.75) is 19.4 Å². The van der Waals surface area contributed by atoms with Crippen LogP contribution in [0.2, 0.25) is 4.34 Å². The second kappa shape index (κ2) is 6.58. The second-order valence-electron chi connectivity index (χ2n) is 5.05. The lowest BCUT2D eigenvalue weighted by Gasteiger charge is -2.13. The maximum absolute atomic E-state index is 12.4. The number of carbonyl (C=O) groups is 1. The Hall–Kier alpha value is -1.72. The van der Waals surface area contributed by atoms with Gasteiger partial charge in [-0.15, -0.1) is 11.3 Å². The number of hydrogen-bond acceptors (Lipinski definition) is 4. The molecule has 0 bridgehead atoms. The van der Waals surface area contributed by atoms with E-state index in [0.29, 0.717) is 34.6 Å². The molecule has 1 atom stereocenters. The van der Waals surface area contributed by atoms with Crippen molar-refractivity contribution >= 4 is 28.8 Å². The standard InChI is InChI=1S/C16H16ClNO3S/c1-10(14-5-6-15(17)22-14)18-16(19)11-3-4-12-13(9-11)21-8-2-7-20-12/h3-6,9-10H,2,7-8H2,1H3,(H,18,19). The Labute approximate surface area is 138 Å². The summed E-state index contributed by atoms with van der Waals surface area (Å²) in [6.45, 7) is 3.17. The van der Waals surface area contributed by atoms with Crippen LogP contribution in [0.5, 0.6) is 11.5 Å². The van der Waals surface area contributed by atoms with E-state index < -0.39 is 0 Å². The molecule has 0 saturated carbocycles. The zero-order chi connectivity index (χ0) is 15.5. The smallest absolute Gasteiger partial charge is 0.251 e. The van der Waals surface area contributed by atoms with Crippen molar-refractivity contribution in [3.63, 3.8) is 0 Å². The molecule has 0 saturated heterocycles. The molecule has 22 heavy (non-hydrogen) atoms. The van der Waals surface area contributed by atoms with E-state index >= 15 is 0 Å². The molecule has 1 aliphatic heterocycles. The van der Waals surface area contributed by atoms with Crippen LogP contribution in [0, 0.1) is 0 Å². The lowest BCUT2D eigenvalue weighted by molar-refractivity contribution is 0.0940.